The van der Waals surface area contributed by atoms with Gasteiger partial charge in [-0.1, -0.05) is 65.8 Å². The molecule has 0 fully saturated rings. The molecular weight excluding hydrogens is 486 g/mol. The van der Waals surface area contributed by atoms with Crippen molar-refractivity contribution in [1.82, 2.24) is 15.0 Å². The van der Waals surface area contributed by atoms with Crippen LogP contribution in [0, 0.1) is 10.1 Å². The van der Waals surface area contributed by atoms with Crippen LogP contribution in [0.1, 0.15) is 11.1 Å². The molecule has 0 saturated carbocycles. The van der Waals surface area contributed by atoms with E-state index in [0.29, 0.717) is 22.3 Å². The number of aromatic nitrogens is 2. The molecule has 4 aromatic rings. The van der Waals surface area contributed by atoms with Gasteiger partial charge in [-0.15, -0.1) is 0 Å². The number of hydrogen-bond donors (Lipinski definition) is 1. The molecule has 1 N–H and O–H groups in total. The van der Waals surface area contributed by atoms with E-state index in [1.807, 2.05) is 53.1 Å². The average Bonchev–Trinajstić information content (AvgIpc) is 3.21. The van der Waals surface area contributed by atoms with E-state index in [9.17, 15) is 14.9 Å². The summed E-state index contributed by atoms with van der Waals surface area (Å²) in [6.07, 6.45) is 4.45. The van der Waals surface area contributed by atoms with E-state index in [-0.39, 0.29) is 17.3 Å². The van der Waals surface area contributed by atoms with Crippen molar-refractivity contribution in [3.63, 3.8) is 0 Å². The van der Waals surface area contributed by atoms with Crippen molar-refractivity contribution in [3.05, 3.63) is 105 Å². The van der Waals surface area contributed by atoms with E-state index in [0.717, 1.165) is 16.6 Å². The van der Waals surface area contributed by atoms with Crippen molar-refractivity contribution in [3.8, 4) is 0 Å². The second-order valence-electron chi connectivity index (χ2n) is 7.34. The molecule has 0 bridgehead atoms. The van der Waals surface area contributed by atoms with Crippen molar-refractivity contribution in [1.29, 1.82) is 0 Å². The number of carbonyl (C=O) groups excluding carboxylic acids is 1. The predicted molar refractivity (Wildman–Crippen MR) is 140 cm³/mol. The first-order chi connectivity index (χ1) is 17.0. The fourth-order valence-electron chi connectivity index (χ4n) is 3.37. The van der Waals surface area contributed by atoms with Crippen LogP contribution in [-0.2, 0) is 11.3 Å². The van der Waals surface area contributed by atoms with Gasteiger partial charge in [0.25, 0.3) is 11.6 Å². The predicted octanol–water partition coefficient (Wildman–Crippen LogP) is 5.55. The lowest BCUT2D eigenvalue weighted by Crippen LogP contribution is -2.19. The number of nitrogens with zero attached hydrogens (tertiary/aromatic N) is 4. The lowest BCUT2D eigenvalue weighted by atomic mass is 10.2. The quantitative estimate of drug-likeness (QED) is 0.139. The molecule has 176 valence electrons. The summed E-state index contributed by atoms with van der Waals surface area (Å²) in [6.45, 7) is 0.526. The summed E-state index contributed by atoms with van der Waals surface area (Å²) in [4.78, 5) is 27.6. The molecule has 1 heterocycles. The maximum atomic E-state index is 12.3. The van der Waals surface area contributed by atoms with Crippen molar-refractivity contribution in [2.24, 2.45) is 5.10 Å². The summed E-state index contributed by atoms with van der Waals surface area (Å²) < 4.78 is 2.03. The third-order valence-corrected chi connectivity index (χ3v) is 6.34. The van der Waals surface area contributed by atoms with Crippen LogP contribution in [0.3, 0.4) is 0 Å². The second-order valence-corrected chi connectivity index (χ2v) is 8.69. The van der Waals surface area contributed by atoms with E-state index in [1.54, 1.807) is 24.3 Å². The van der Waals surface area contributed by atoms with Crippen molar-refractivity contribution >= 4 is 58.3 Å². The molecule has 3 aromatic carbocycles. The van der Waals surface area contributed by atoms with Crippen molar-refractivity contribution < 1.29 is 9.72 Å². The molecule has 4 rings (SSSR count). The number of amides is 1. The van der Waals surface area contributed by atoms with Gasteiger partial charge in [-0.3, -0.25) is 14.9 Å². The Hall–Kier alpha value is -3.95. The first kappa shape index (κ1) is 24.2. The van der Waals surface area contributed by atoms with Gasteiger partial charge < -0.3 is 4.57 Å². The largest absolute Gasteiger partial charge is 0.314 e. The number of benzene rings is 3. The van der Waals surface area contributed by atoms with Gasteiger partial charge in [-0.2, -0.15) is 5.10 Å². The fraction of sp³-hybridized carbons (Fsp3) is 0.0800. The number of nitro groups is 1. The molecular formula is C25H20ClN5O3S. The zero-order chi connectivity index (χ0) is 24.6. The topological polar surface area (TPSA) is 102 Å². The minimum atomic E-state index is -0.450. The fourth-order valence-corrected chi connectivity index (χ4v) is 4.37. The highest BCUT2D eigenvalue weighted by Gasteiger charge is 2.14. The molecule has 1 aromatic heterocycles. The number of allylic oxidation sites excluding steroid dienone is 1. The third kappa shape index (κ3) is 6.14. The number of nitrogens with one attached hydrogen (secondary N) is 1. The molecule has 0 saturated heterocycles. The Morgan fingerprint density at radius 1 is 1.11 bits per heavy atom. The Morgan fingerprint density at radius 2 is 1.86 bits per heavy atom. The van der Waals surface area contributed by atoms with E-state index >= 15 is 0 Å². The normalized spacial score (nSPS) is 11.5. The summed E-state index contributed by atoms with van der Waals surface area (Å²) in [5, 5.41) is 16.3. The number of hydrogen-bond acceptors (Lipinski definition) is 6. The molecule has 0 aliphatic heterocycles. The highest BCUT2D eigenvalue weighted by Crippen LogP contribution is 2.27. The molecule has 0 unspecified atom stereocenters. The Bertz CT molecular complexity index is 1430. The molecule has 35 heavy (non-hydrogen) atoms. The van der Waals surface area contributed by atoms with Gasteiger partial charge in [0.1, 0.15) is 0 Å². The Kier molecular flexibility index (Phi) is 7.92. The van der Waals surface area contributed by atoms with Crippen LogP contribution >= 0.6 is 23.4 Å². The van der Waals surface area contributed by atoms with Gasteiger partial charge in [-0.05, 0) is 42.0 Å². The summed E-state index contributed by atoms with van der Waals surface area (Å²) >= 11 is 7.66. The highest BCUT2D eigenvalue weighted by molar-refractivity contribution is 7.99. The van der Waals surface area contributed by atoms with Crippen LogP contribution in [-0.4, -0.2) is 32.3 Å². The maximum absolute atomic E-state index is 12.3. The van der Waals surface area contributed by atoms with Gasteiger partial charge in [0.05, 0.1) is 33.8 Å². The number of nitro benzene ring substituents is 1. The minimum absolute atomic E-state index is 0.00253. The Labute approximate surface area is 210 Å². The molecule has 0 aliphatic carbocycles. The lowest BCUT2D eigenvalue weighted by Gasteiger charge is -2.10. The smallest absolute Gasteiger partial charge is 0.276 e. The summed E-state index contributed by atoms with van der Waals surface area (Å²) in [5.41, 5.74) is 5.64. The molecule has 0 spiro atoms. The number of imidazole rings is 1. The number of carbonyl (C=O) groups is 1. The molecule has 8 nitrogen and oxygen atoms in total. The van der Waals surface area contributed by atoms with Crippen LogP contribution in [0.5, 0.6) is 0 Å². The standard InChI is InChI=1S/C25H20ClN5O3S/c26-20-11-3-1-9-19(20)16-30-23-14-6-4-12-21(23)28-25(30)35-17-24(32)29-27-15-7-10-18-8-2-5-13-22(18)31(33)34/h1-15H,16-17H2,(H,29,32)/b10-7-,27-15-. The van der Waals surface area contributed by atoms with Crippen molar-refractivity contribution in [2.45, 2.75) is 11.7 Å². The first-order valence-corrected chi connectivity index (χ1v) is 11.9. The van der Waals surface area contributed by atoms with Crippen LogP contribution in [0.25, 0.3) is 17.1 Å². The number of rotatable bonds is 9. The number of thioether (sulfide) groups is 1. The van der Waals surface area contributed by atoms with Gasteiger partial charge in [0.2, 0.25) is 0 Å². The molecule has 0 radical (unpaired) electrons. The number of halogens is 1. The van der Waals surface area contributed by atoms with E-state index in [2.05, 4.69) is 15.5 Å². The van der Waals surface area contributed by atoms with Crippen LogP contribution in [0.4, 0.5) is 5.69 Å². The summed E-state index contributed by atoms with van der Waals surface area (Å²) in [6, 6.07) is 21.8. The second kappa shape index (κ2) is 11.5. The molecule has 1 amide bonds. The van der Waals surface area contributed by atoms with Gasteiger partial charge in [0.15, 0.2) is 5.16 Å². The highest BCUT2D eigenvalue weighted by atomic mass is 35.5. The van der Waals surface area contributed by atoms with Gasteiger partial charge >= 0.3 is 0 Å². The lowest BCUT2D eigenvalue weighted by molar-refractivity contribution is -0.385. The van der Waals surface area contributed by atoms with E-state index in [1.165, 1.54) is 30.1 Å². The number of hydrazone groups is 1. The summed E-state index contributed by atoms with van der Waals surface area (Å²) in [7, 11) is 0. The van der Waals surface area contributed by atoms with Gasteiger partial charge in [-0.25, -0.2) is 10.4 Å². The Morgan fingerprint density at radius 3 is 2.69 bits per heavy atom. The third-order valence-electron chi connectivity index (χ3n) is 5.00. The maximum Gasteiger partial charge on any atom is 0.276 e. The van der Waals surface area contributed by atoms with Gasteiger partial charge in [0, 0.05) is 17.3 Å². The molecule has 0 aliphatic rings. The Balaban J connectivity index is 1.39. The molecule has 10 heteroatoms. The van der Waals surface area contributed by atoms with E-state index in [4.69, 9.17) is 11.6 Å². The number of fused-ring (bicyclic) bond motifs is 1. The zero-order valence-electron chi connectivity index (χ0n) is 18.4. The first-order valence-electron chi connectivity index (χ1n) is 10.6. The van der Waals surface area contributed by atoms with Crippen LogP contribution in [0.2, 0.25) is 5.02 Å². The monoisotopic (exact) mass is 505 g/mol. The van der Waals surface area contributed by atoms with E-state index < -0.39 is 4.92 Å². The van der Waals surface area contributed by atoms with Crippen LogP contribution in [0.15, 0.2) is 89.1 Å². The SMILES string of the molecule is O=C(CSc1nc2ccccc2n1Cc1ccccc1Cl)N/N=C\C=C/c1ccccc1[N+](=O)[O-]. The average molecular weight is 506 g/mol. The zero-order valence-corrected chi connectivity index (χ0v) is 19.9. The van der Waals surface area contributed by atoms with Crippen LogP contribution < -0.4 is 5.43 Å². The number of para-hydroxylation sites is 3. The molecule has 0 atom stereocenters. The summed E-state index contributed by atoms with van der Waals surface area (Å²) in [5.74, 6) is -0.196. The van der Waals surface area contributed by atoms with Crippen molar-refractivity contribution in [2.75, 3.05) is 5.75 Å². The minimum Gasteiger partial charge on any atom is -0.314 e.